The van der Waals surface area contributed by atoms with E-state index in [1.807, 2.05) is 37.4 Å². The van der Waals surface area contributed by atoms with E-state index >= 15 is 0 Å². The maximum atomic E-state index is 12.6. The number of benzene rings is 1. The van der Waals surface area contributed by atoms with Crippen LogP contribution in [0.2, 0.25) is 0 Å². The molecule has 1 aliphatic heterocycles. The van der Waals surface area contributed by atoms with Crippen molar-refractivity contribution in [3.05, 3.63) is 47.3 Å². The van der Waals surface area contributed by atoms with Crippen LogP contribution in [0.3, 0.4) is 0 Å². The number of carbonyl (C=O) groups excluding carboxylic acids is 1. The van der Waals surface area contributed by atoms with E-state index in [1.165, 1.54) is 24.8 Å². The second-order valence-corrected chi connectivity index (χ2v) is 7.48. The summed E-state index contributed by atoms with van der Waals surface area (Å²) in [6, 6.07) is 7.94. The van der Waals surface area contributed by atoms with Crippen molar-refractivity contribution in [3.63, 3.8) is 0 Å². The molecule has 1 saturated heterocycles. The summed E-state index contributed by atoms with van der Waals surface area (Å²) in [5, 5.41) is 3.04. The van der Waals surface area contributed by atoms with E-state index in [0.29, 0.717) is 0 Å². The van der Waals surface area contributed by atoms with Crippen LogP contribution in [0.1, 0.15) is 42.5 Å². The van der Waals surface area contributed by atoms with Gasteiger partial charge in [0, 0.05) is 36.6 Å². The fraction of sp³-hybridized carbons (Fsp3) is 0.476. The molecular weight excluding hydrogens is 324 g/mol. The van der Waals surface area contributed by atoms with Crippen LogP contribution in [0.5, 0.6) is 0 Å². The summed E-state index contributed by atoms with van der Waals surface area (Å²) in [4.78, 5) is 24.3. The molecule has 2 aliphatic rings. The molecule has 1 aliphatic carbocycles. The maximum Gasteiger partial charge on any atom is 0.227 e. The fourth-order valence-electron chi connectivity index (χ4n) is 3.85. The average molecular weight is 350 g/mol. The van der Waals surface area contributed by atoms with Crippen molar-refractivity contribution in [2.24, 2.45) is 5.92 Å². The number of piperidine rings is 1. The highest BCUT2D eigenvalue weighted by atomic mass is 16.1. The standard InChI is InChI=1S/C21H26N4O/c1-15-5-8-18(9-6-15)23-20(26)16-7-10-19-17(13-16)14-22-21(24-19)25-11-3-2-4-12-25/h5-6,8-9,14,16H,2-4,7,10-13H2,1H3,(H,23,26)/t16-/m0/s1. The number of hydrogen-bond donors (Lipinski definition) is 1. The number of hydrogen-bond acceptors (Lipinski definition) is 4. The van der Waals surface area contributed by atoms with E-state index < -0.39 is 0 Å². The van der Waals surface area contributed by atoms with Gasteiger partial charge in [0.05, 0.1) is 0 Å². The van der Waals surface area contributed by atoms with Gasteiger partial charge in [-0.15, -0.1) is 0 Å². The lowest BCUT2D eigenvalue weighted by Crippen LogP contribution is -2.32. The molecule has 26 heavy (non-hydrogen) atoms. The van der Waals surface area contributed by atoms with E-state index in [1.54, 1.807) is 0 Å². The zero-order valence-corrected chi connectivity index (χ0v) is 15.4. The molecule has 4 rings (SSSR count). The first kappa shape index (κ1) is 17.0. The number of aromatic nitrogens is 2. The van der Waals surface area contributed by atoms with Gasteiger partial charge in [-0.3, -0.25) is 4.79 Å². The second kappa shape index (κ2) is 7.44. The van der Waals surface area contributed by atoms with E-state index in [0.717, 1.165) is 55.2 Å². The highest BCUT2D eigenvalue weighted by Crippen LogP contribution is 2.27. The third-order valence-electron chi connectivity index (χ3n) is 5.47. The molecule has 5 heteroatoms. The van der Waals surface area contributed by atoms with Gasteiger partial charge in [0.25, 0.3) is 0 Å². The minimum absolute atomic E-state index is 0.00626. The van der Waals surface area contributed by atoms with Crippen LogP contribution in [0.4, 0.5) is 11.6 Å². The number of aryl methyl sites for hydroxylation is 2. The molecule has 0 saturated carbocycles. The van der Waals surface area contributed by atoms with E-state index in [-0.39, 0.29) is 11.8 Å². The summed E-state index contributed by atoms with van der Waals surface area (Å²) >= 11 is 0. The Labute approximate surface area is 154 Å². The summed E-state index contributed by atoms with van der Waals surface area (Å²) < 4.78 is 0. The van der Waals surface area contributed by atoms with Crippen LogP contribution in [0, 0.1) is 12.8 Å². The van der Waals surface area contributed by atoms with Gasteiger partial charge < -0.3 is 10.2 Å². The number of amides is 1. The van der Waals surface area contributed by atoms with Gasteiger partial charge in [0.2, 0.25) is 11.9 Å². The monoisotopic (exact) mass is 350 g/mol. The summed E-state index contributed by atoms with van der Waals surface area (Å²) in [5.74, 6) is 0.957. The molecule has 0 spiro atoms. The van der Waals surface area contributed by atoms with Gasteiger partial charge in [0.1, 0.15) is 0 Å². The average Bonchev–Trinajstić information content (AvgIpc) is 2.69. The molecule has 1 atom stereocenters. The van der Waals surface area contributed by atoms with Crippen LogP contribution in [-0.2, 0) is 17.6 Å². The number of anilines is 2. The molecule has 1 aromatic carbocycles. The Hall–Kier alpha value is -2.43. The Morgan fingerprint density at radius 3 is 2.69 bits per heavy atom. The van der Waals surface area contributed by atoms with E-state index in [9.17, 15) is 4.79 Å². The Bertz CT molecular complexity index is 781. The topological polar surface area (TPSA) is 58.1 Å². The molecule has 1 fully saturated rings. The summed E-state index contributed by atoms with van der Waals surface area (Å²) in [7, 11) is 0. The van der Waals surface area contributed by atoms with E-state index in [4.69, 9.17) is 4.98 Å². The zero-order chi connectivity index (χ0) is 17.9. The molecule has 2 heterocycles. The predicted molar refractivity (Wildman–Crippen MR) is 103 cm³/mol. The van der Waals surface area contributed by atoms with Gasteiger partial charge in [-0.05, 0) is 63.1 Å². The molecule has 2 aromatic rings. The zero-order valence-electron chi connectivity index (χ0n) is 15.4. The summed E-state index contributed by atoms with van der Waals surface area (Å²) in [6.45, 7) is 4.16. The lowest BCUT2D eigenvalue weighted by Gasteiger charge is -2.28. The molecule has 136 valence electrons. The molecule has 1 N–H and O–H groups in total. The van der Waals surface area contributed by atoms with E-state index in [2.05, 4.69) is 15.2 Å². The van der Waals surface area contributed by atoms with Crippen LogP contribution in [0.15, 0.2) is 30.5 Å². The SMILES string of the molecule is Cc1ccc(NC(=O)[C@H]2CCc3nc(N4CCCCC4)ncc3C2)cc1. The normalized spacial score (nSPS) is 19.7. The first-order chi connectivity index (χ1) is 12.7. The first-order valence-corrected chi connectivity index (χ1v) is 9.66. The van der Waals surface area contributed by atoms with Crippen LogP contribution >= 0.6 is 0 Å². The minimum Gasteiger partial charge on any atom is -0.341 e. The largest absolute Gasteiger partial charge is 0.341 e. The van der Waals surface area contributed by atoms with Crippen molar-refractivity contribution >= 4 is 17.5 Å². The fourth-order valence-corrected chi connectivity index (χ4v) is 3.85. The van der Waals surface area contributed by atoms with Crippen molar-refractivity contribution in [2.75, 3.05) is 23.3 Å². The molecule has 0 radical (unpaired) electrons. The van der Waals surface area contributed by atoms with Gasteiger partial charge in [0.15, 0.2) is 0 Å². The highest BCUT2D eigenvalue weighted by molar-refractivity contribution is 5.92. The number of carbonyl (C=O) groups is 1. The molecule has 0 bridgehead atoms. The van der Waals surface area contributed by atoms with Gasteiger partial charge >= 0.3 is 0 Å². The molecule has 1 amide bonds. The van der Waals surface area contributed by atoms with Crippen LogP contribution < -0.4 is 10.2 Å². The second-order valence-electron chi connectivity index (χ2n) is 7.48. The first-order valence-electron chi connectivity index (χ1n) is 9.66. The van der Waals surface area contributed by atoms with Crippen molar-refractivity contribution in [1.82, 2.24) is 9.97 Å². The smallest absolute Gasteiger partial charge is 0.227 e. The van der Waals surface area contributed by atoms with Gasteiger partial charge in [-0.1, -0.05) is 17.7 Å². The number of nitrogens with one attached hydrogen (secondary N) is 1. The molecule has 1 aromatic heterocycles. The number of fused-ring (bicyclic) bond motifs is 1. The van der Waals surface area contributed by atoms with Crippen molar-refractivity contribution in [2.45, 2.75) is 45.4 Å². The Morgan fingerprint density at radius 1 is 1.15 bits per heavy atom. The molecular formula is C21H26N4O. The molecule has 0 unspecified atom stereocenters. The van der Waals surface area contributed by atoms with Crippen molar-refractivity contribution in [1.29, 1.82) is 0 Å². The summed E-state index contributed by atoms with van der Waals surface area (Å²) in [6.07, 6.45) is 8.12. The van der Waals surface area contributed by atoms with Gasteiger partial charge in [-0.25, -0.2) is 9.97 Å². The minimum atomic E-state index is -0.00626. The third-order valence-corrected chi connectivity index (χ3v) is 5.47. The highest BCUT2D eigenvalue weighted by Gasteiger charge is 2.27. The van der Waals surface area contributed by atoms with Crippen molar-refractivity contribution < 1.29 is 4.79 Å². The Balaban J connectivity index is 1.42. The third kappa shape index (κ3) is 3.71. The van der Waals surface area contributed by atoms with Crippen LogP contribution in [0.25, 0.3) is 0 Å². The Morgan fingerprint density at radius 2 is 1.92 bits per heavy atom. The molecule has 5 nitrogen and oxygen atoms in total. The number of rotatable bonds is 3. The summed E-state index contributed by atoms with van der Waals surface area (Å²) in [5.41, 5.74) is 4.31. The lowest BCUT2D eigenvalue weighted by molar-refractivity contribution is -0.120. The number of nitrogens with zero attached hydrogens (tertiary/aromatic N) is 3. The van der Waals surface area contributed by atoms with Crippen LogP contribution in [-0.4, -0.2) is 29.0 Å². The predicted octanol–water partition coefficient (Wildman–Crippen LogP) is 3.52. The quantitative estimate of drug-likeness (QED) is 0.920. The lowest BCUT2D eigenvalue weighted by atomic mass is 9.86. The van der Waals surface area contributed by atoms with Gasteiger partial charge in [-0.2, -0.15) is 0 Å². The Kier molecular flexibility index (Phi) is 4.87. The maximum absolute atomic E-state index is 12.6. The van der Waals surface area contributed by atoms with Crippen molar-refractivity contribution in [3.8, 4) is 0 Å².